The molecule has 0 bridgehead atoms. The summed E-state index contributed by atoms with van der Waals surface area (Å²) in [5.41, 5.74) is 7.16. The van der Waals surface area contributed by atoms with Gasteiger partial charge < -0.3 is 15.2 Å². The first-order chi connectivity index (χ1) is 10.0. The van der Waals surface area contributed by atoms with Crippen molar-refractivity contribution in [1.82, 2.24) is 4.90 Å². The van der Waals surface area contributed by atoms with Gasteiger partial charge in [-0.05, 0) is 40.5 Å². The largest absolute Gasteiger partial charge is 0.383 e. The lowest BCUT2D eigenvalue weighted by Gasteiger charge is -2.36. The van der Waals surface area contributed by atoms with Gasteiger partial charge in [0.25, 0.3) is 0 Å². The third-order valence-electron chi connectivity index (χ3n) is 3.48. The Morgan fingerprint density at radius 1 is 1.33 bits per heavy atom. The number of rotatable bonds is 9. The number of benzene rings is 1. The zero-order valence-electron chi connectivity index (χ0n) is 12.8. The molecule has 0 saturated carbocycles. The second kappa shape index (κ2) is 9.77. The maximum absolute atomic E-state index is 6.07. The van der Waals surface area contributed by atoms with Gasteiger partial charge in [0.1, 0.15) is 0 Å². The average Bonchev–Trinajstić information content (AvgIpc) is 2.47. The smallest absolute Gasteiger partial charge is 0.0615 e. The lowest BCUT2D eigenvalue weighted by Crippen LogP contribution is -2.43. The standard InChI is InChI=1S/C15H24BrClN2O2/c1-11(10-21-3)19(6-7-20-2)15(9-18)12-4-5-14(17)13(16)8-12/h4-5,8,11,15H,6-7,9-10,18H2,1-3H3. The van der Waals surface area contributed by atoms with E-state index in [0.717, 1.165) is 16.6 Å². The molecule has 1 rings (SSSR count). The van der Waals surface area contributed by atoms with E-state index in [9.17, 15) is 0 Å². The number of nitrogens with zero attached hydrogens (tertiary/aromatic N) is 1. The summed E-state index contributed by atoms with van der Waals surface area (Å²) in [5.74, 6) is 0. The predicted molar refractivity (Wildman–Crippen MR) is 90.9 cm³/mol. The SMILES string of the molecule is COCCN(C(C)COC)C(CN)c1ccc(Cl)c(Br)c1. The van der Waals surface area contributed by atoms with Crippen LogP contribution in [0.1, 0.15) is 18.5 Å². The summed E-state index contributed by atoms with van der Waals surface area (Å²) in [6, 6.07) is 6.27. The highest BCUT2D eigenvalue weighted by Gasteiger charge is 2.24. The molecule has 2 unspecified atom stereocenters. The molecule has 2 N–H and O–H groups in total. The second-order valence-electron chi connectivity index (χ2n) is 4.96. The highest BCUT2D eigenvalue weighted by Crippen LogP contribution is 2.29. The van der Waals surface area contributed by atoms with E-state index in [1.54, 1.807) is 14.2 Å². The van der Waals surface area contributed by atoms with Gasteiger partial charge in [-0.15, -0.1) is 0 Å². The van der Waals surface area contributed by atoms with Crippen LogP contribution in [0.25, 0.3) is 0 Å². The molecule has 4 nitrogen and oxygen atoms in total. The van der Waals surface area contributed by atoms with Crippen LogP contribution in [0.2, 0.25) is 5.02 Å². The molecule has 1 aromatic carbocycles. The van der Waals surface area contributed by atoms with Crippen LogP contribution in [0, 0.1) is 0 Å². The van der Waals surface area contributed by atoms with E-state index < -0.39 is 0 Å². The number of hydrogen-bond acceptors (Lipinski definition) is 4. The molecule has 0 fully saturated rings. The number of ether oxygens (including phenoxy) is 2. The monoisotopic (exact) mass is 378 g/mol. The van der Waals surface area contributed by atoms with Crippen molar-refractivity contribution >= 4 is 27.5 Å². The van der Waals surface area contributed by atoms with Crippen LogP contribution in [-0.4, -0.2) is 51.5 Å². The third kappa shape index (κ3) is 5.51. The number of nitrogens with two attached hydrogens (primary N) is 1. The van der Waals surface area contributed by atoms with Gasteiger partial charge >= 0.3 is 0 Å². The topological polar surface area (TPSA) is 47.7 Å². The lowest BCUT2D eigenvalue weighted by atomic mass is 10.0. The molecule has 120 valence electrons. The minimum atomic E-state index is 0.0962. The Kier molecular flexibility index (Phi) is 8.78. The molecule has 0 aromatic heterocycles. The van der Waals surface area contributed by atoms with Crippen molar-refractivity contribution in [1.29, 1.82) is 0 Å². The van der Waals surface area contributed by atoms with Crippen LogP contribution in [0.5, 0.6) is 0 Å². The van der Waals surface area contributed by atoms with E-state index in [-0.39, 0.29) is 12.1 Å². The molecule has 0 saturated heterocycles. The molecule has 0 aliphatic rings. The molecule has 1 aromatic rings. The van der Waals surface area contributed by atoms with Gasteiger partial charge in [0.15, 0.2) is 0 Å². The quantitative estimate of drug-likeness (QED) is 0.716. The fourth-order valence-electron chi connectivity index (χ4n) is 2.40. The molecular weight excluding hydrogens is 356 g/mol. The summed E-state index contributed by atoms with van der Waals surface area (Å²) >= 11 is 9.54. The van der Waals surface area contributed by atoms with E-state index in [1.807, 2.05) is 18.2 Å². The van der Waals surface area contributed by atoms with Crippen LogP contribution in [0.3, 0.4) is 0 Å². The van der Waals surface area contributed by atoms with Crippen LogP contribution in [0.4, 0.5) is 0 Å². The van der Waals surface area contributed by atoms with Gasteiger partial charge in [0.2, 0.25) is 0 Å². The van der Waals surface area contributed by atoms with Crippen LogP contribution in [0.15, 0.2) is 22.7 Å². The minimum absolute atomic E-state index is 0.0962. The fourth-order valence-corrected chi connectivity index (χ4v) is 2.91. The lowest BCUT2D eigenvalue weighted by molar-refractivity contribution is 0.0486. The van der Waals surface area contributed by atoms with Crippen molar-refractivity contribution in [3.8, 4) is 0 Å². The average molecular weight is 380 g/mol. The summed E-state index contributed by atoms with van der Waals surface area (Å²) in [7, 11) is 3.41. The summed E-state index contributed by atoms with van der Waals surface area (Å²) in [6.07, 6.45) is 0. The highest BCUT2D eigenvalue weighted by atomic mass is 79.9. The molecule has 21 heavy (non-hydrogen) atoms. The van der Waals surface area contributed by atoms with Gasteiger partial charge in [-0.25, -0.2) is 0 Å². The second-order valence-corrected chi connectivity index (χ2v) is 6.22. The fraction of sp³-hybridized carbons (Fsp3) is 0.600. The maximum Gasteiger partial charge on any atom is 0.0615 e. The van der Waals surface area contributed by atoms with Crippen molar-refractivity contribution in [2.24, 2.45) is 5.73 Å². The van der Waals surface area contributed by atoms with Gasteiger partial charge in [-0.2, -0.15) is 0 Å². The Morgan fingerprint density at radius 3 is 2.57 bits per heavy atom. The summed E-state index contributed by atoms with van der Waals surface area (Å²) < 4.78 is 11.4. The van der Waals surface area contributed by atoms with Crippen LogP contribution in [-0.2, 0) is 9.47 Å². The van der Waals surface area contributed by atoms with E-state index in [0.29, 0.717) is 24.8 Å². The van der Waals surface area contributed by atoms with E-state index >= 15 is 0 Å². The van der Waals surface area contributed by atoms with Gasteiger partial charge in [-0.1, -0.05) is 17.7 Å². The molecule has 0 radical (unpaired) electrons. The summed E-state index contributed by atoms with van der Waals surface area (Å²) in [4.78, 5) is 2.31. The molecule has 0 spiro atoms. The van der Waals surface area contributed by atoms with Crippen molar-refractivity contribution in [3.05, 3.63) is 33.3 Å². The maximum atomic E-state index is 6.07. The van der Waals surface area contributed by atoms with Gasteiger partial charge in [0.05, 0.1) is 18.2 Å². The Hall–Kier alpha value is -0.170. The van der Waals surface area contributed by atoms with E-state index in [4.69, 9.17) is 26.8 Å². The van der Waals surface area contributed by atoms with Gasteiger partial charge in [-0.3, -0.25) is 4.90 Å². The Labute approximate surface area is 140 Å². The Balaban J connectivity index is 3.00. The highest BCUT2D eigenvalue weighted by molar-refractivity contribution is 9.10. The zero-order valence-corrected chi connectivity index (χ0v) is 15.2. The molecule has 2 atom stereocenters. The third-order valence-corrected chi connectivity index (χ3v) is 4.69. The number of methoxy groups -OCH3 is 2. The molecule has 0 amide bonds. The number of hydrogen-bond donors (Lipinski definition) is 1. The van der Waals surface area contributed by atoms with Crippen molar-refractivity contribution < 1.29 is 9.47 Å². The predicted octanol–water partition coefficient (Wildman–Crippen LogP) is 3.09. The van der Waals surface area contributed by atoms with E-state index in [2.05, 4.69) is 27.8 Å². The molecule has 0 aliphatic carbocycles. The van der Waals surface area contributed by atoms with Crippen molar-refractivity contribution in [2.75, 3.05) is 40.5 Å². The van der Waals surface area contributed by atoms with Crippen LogP contribution < -0.4 is 5.73 Å². The minimum Gasteiger partial charge on any atom is -0.383 e. The molecule has 0 heterocycles. The first-order valence-electron chi connectivity index (χ1n) is 6.93. The summed E-state index contributed by atoms with van der Waals surface area (Å²) in [6.45, 7) is 4.75. The Morgan fingerprint density at radius 2 is 2.05 bits per heavy atom. The first kappa shape index (κ1) is 18.9. The van der Waals surface area contributed by atoms with E-state index in [1.165, 1.54) is 0 Å². The van der Waals surface area contributed by atoms with Crippen molar-refractivity contribution in [2.45, 2.75) is 19.0 Å². The van der Waals surface area contributed by atoms with Crippen LogP contribution >= 0.6 is 27.5 Å². The van der Waals surface area contributed by atoms with Crippen molar-refractivity contribution in [3.63, 3.8) is 0 Å². The first-order valence-corrected chi connectivity index (χ1v) is 8.10. The Bertz CT molecular complexity index is 434. The normalized spacial score (nSPS) is 14.4. The zero-order chi connectivity index (χ0) is 15.8. The molecule has 6 heteroatoms. The van der Waals surface area contributed by atoms with Gasteiger partial charge in [0, 0.05) is 43.9 Å². The molecular formula is C15H24BrClN2O2. The number of halogens is 2. The summed E-state index contributed by atoms with van der Waals surface area (Å²) in [5, 5.41) is 0.697. The molecule has 0 aliphatic heterocycles.